The van der Waals surface area contributed by atoms with Gasteiger partial charge in [0.05, 0.1) is 11.2 Å². The van der Waals surface area contributed by atoms with E-state index in [0.29, 0.717) is 0 Å². The van der Waals surface area contributed by atoms with Crippen LogP contribution in [0.15, 0.2) is 85.7 Å². The van der Waals surface area contributed by atoms with Gasteiger partial charge in [-0.2, -0.15) is 0 Å². The summed E-state index contributed by atoms with van der Waals surface area (Å²) in [5.41, 5.74) is 7.90. The van der Waals surface area contributed by atoms with Crippen LogP contribution in [-0.4, -0.2) is 11.5 Å². The number of hydrogen-bond acceptors (Lipinski definition) is 2. The molecule has 26 heavy (non-hydrogen) atoms. The molecular formula is C24H24N2. The fourth-order valence-electron chi connectivity index (χ4n) is 3.43. The Bertz CT molecular complexity index is 985. The average Bonchev–Trinajstić information content (AvgIpc) is 2.69. The van der Waals surface area contributed by atoms with Crippen LogP contribution >= 0.6 is 0 Å². The highest BCUT2D eigenvalue weighted by Crippen LogP contribution is 2.39. The molecule has 1 aliphatic heterocycles. The van der Waals surface area contributed by atoms with Crippen molar-refractivity contribution in [3.63, 3.8) is 0 Å². The topological polar surface area (TPSA) is 24.9 Å². The molecule has 1 N–H and O–H groups in total. The second-order valence-corrected chi connectivity index (χ2v) is 6.05. The quantitative estimate of drug-likeness (QED) is 0.644. The zero-order chi connectivity index (χ0) is 18.5. The highest BCUT2D eigenvalue weighted by atomic mass is 14.9. The lowest BCUT2D eigenvalue weighted by Gasteiger charge is -2.22. The van der Waals surface area contributed by atoms with Crippen LogP contribution in [0.5, 0.6) is 0 Å². The second kappa shape index (κ2) is 7.83. The standard InChI is InChI=1S/C24H24N2/c1-5-9-17(7-3)19-13-15-25-23-21(19)11-12-22-20(14-16-26-24(22)23)18(8-4)10-6-2/h5-15,26H,1,3,16H2,2,4H3/b10-6-,17-9+,18-8+. The van der Waals surface area contributed by atoms with E-state index < -0.39 is 0 Å². The Labute approximate surface area is 155 Å². The van der Waals surface area contributed by atoms with E-state index in [4.69, 9.17) is 0 Å². The van der Waals surface area contributed by atoms with Gasteiger partial charge in [0.15, 0.2) is 0 Å². The predicted octanol–water partition coefficient (Wildman–Crippen LogP) is 6.32. The number of benzene rings is 1. The van der Waals surface area contributed by atoms with Crippen LogP contribution in [0.3, 0.4) is 0 Å². The summed E-state index contributed by atoms with van der Waals surface area (Å²) in [5.74, 6) is 0. The Balaban J connectivity index is 2.25. The molecule has 0 unspecified atom stereocenters. The highest BCUT2D eigenvalue weighted by Gasteiger charge is 2.18. The summed E-state index contributed by atoms with van der Waals surface area (Å²) in [6.07, 6.45) is 16.1. The van der Waals surface area contributed by atoms with Crippen LogP contribution in [0.25, 0.3) is 22.0 Å². The van der Waals surface area contributed by atoms with Gasteiger partial charge in [0.1, 0.15) is 0 Å². The first-order valence-electron chi connectivity index (χ1n) is 8.86. The maximum Gasteiger partial charge on any atom is 0.0945 e. The van der Waals surface area contributed by atoms with Gasteiger partial charge in [-0.1, -0.05) is 67.8 Å². The lowest BCUT2D eigenvalue weighted by molar-refractivity contribution is 1.28. The third-order valence-electron chi connectivity index (χ3n) is 4.58. The number of rotatable bonds is 5. The monoisotopic (exact) mass is 340 g/mol. The van der Waals surface area contributed by atoms with Crippen molar-refractivity contribution < 1.29 is 0 Å². The van der Waals surface area contributed by atoms with Crippen LogP contribution in [-0.2, 0) is 0 Å². The van der Waals surface area contributed by atoms with E-state index in [0.717, 1.165) is 34.3 Å². The Hall–Kier alpha value is -3.13. The lowest BCUT2D eigenvalue weighted by atomic mass is 9.90. The Morgan fingerprint density at radius 3 is 2.69 bits per heavy atom. The molecule has 2 heterocycles. The van der Waals surface area contributed by atoms with Crippen LogP contribution in [0.4, 0.5) is 5.69 Å². The molecule has 0 spiro atoms. The zero-order valence-electron chi connectivity index (χ0n) is 15.4. The molecule has 0 bridgehead atoms. The molecule has 0 saturated heterocycles. The van der Waals surface area contributed by atoms with E-state index in [1.165, 1.54) is 16.7 Å². The summed E-state index contributed by atoms with van der Waals surface area (Å²) in [6, 6.07) is 6.37. The van der Waals surface area contributed by atoms with Crippen molar-refractivity contribution in [2.24, 2.45) is 0 Å². The third-order valence-corrected chi connectivity index (χ3v) is 4.58. The summed E-state index contributed by atoms with van der Waals surface area (Å²) >= 11 is 0. The normalized spacial score (nSPS) is 14.8. The molecule has 0 atom stereocenters. The van der Waals surface area contributed by atoms with Crippen molar-refractivity contribution in [1.82, 2.24) is 4.98 Å². The van der Waals surface area contributed by atoms with Gasteiger partial charge in [0.2, 0.25) is 0 Å². The first-order chi connectivity index (χ1) is 12.7. The summed E-state index contributed by atoms with van der Waals surface area (Å²) in [7, 11) is 0. The van der Waals surface area contributed by atoms with E-state index in [1.807, 2.05) is 31.3 Å². The van der Waals surface area contributed by atoms with E-state index in [-0.39, 0.29) is 0 Å². The van der Waals surface area contributed by atoms with Gasteiger partial charge in [-0.15, -0.1) is 0 Å². The van der Waals surface area contributed by atoms with Crippen LogP contribution in [0.2, 0.25) is 0 Å². The highest BCUT2D eigenvalue weighted by molar-refractivity contribution is 6.05. The fraction of sp³-hybridized carbons (Fsp3) is 0.125. The van der Waals surface area contributed by atoms with E-state index in [1.54, 1.807) is 6.08 Å². The van der Waals surface area contributed by atoms with Crippen molar-refractivity contribution in [3.8, 4) is 0 Å². The molecule has 2 aromatic rings. The molecule has 0 radical (unpaired) electrons. The van der Waals surface area contributed by atoms with Gasteiger partial charge in [-0.25, -0.2) is 0 Å². The molecule has 2 nitrogen and oxygen atoms in total. The first-order valence-corrected chi connectivity index (χ1v) is 8.86. The van der Waals surface area contributed by atoms with E-state index in [2.05, 4.69) is 66.8 Å². The smallest absolute Gasteiger partial charge is 0.0945 e. The van der Waals surface area contributed by atoms with Crippen molar-refractivity contribution in [2.45, 2.75) is 13.8 Å². The molecule has 0 aliphatic carbocycles. The molecule has 0 saturated carbocycles. The molecular weight excluding hydrogens is 316 g/mol. The third kappa shape index (κ3) is 3.06. The predicted molar refractivity (Wildman–Crippen MR) is 115 cm³/mol. The fourth-order valence-corrected chi connectivity index (χ4v) is 3.43. The SMILES string of the molecule is C=C/C=C(\C=C)c1ccnc2c3c(ccc12)C(C(/C=C\C)=C/C)=CCN3. The average molecular weight is 340 g/mol. The number of anilines is 1. The van der Waals surface area contributed by atoms with Crippen molar-refractivity contribution >= 4 is 27.7 Å². The van der Waals surface area contributed by atoms with Crippen LogP contribution in [0, 0.1) is 0 Å². The zero-order valence-corrected chi connectivity index (χ0v) is 15.4. The number of nitrogens with zero attached hydrogens (tertiary/aromatic N) is 1. The number of allylic oxidation sites excluding steroid dienone is 9. The van der Waals surface area contributed by atoms with Gasteiger partial charge in [0, 0.05) is 23.7 Å². The number of pyridine rings is 1. The lowest BCUT2D eigenvalue weighted by Crippen LogP contribution is -2.10. The van der Waals surface area contributed by atoms with Crippen LogP contribution in [0.1, 0.15) is 25.0 Å². The van der Waals surface area contributed by atoms with E-state index in [9.17, 15) is 0 Å². The maximum atomic E-state index is 4.68. The van der Waals surface area contributed by atoms with Crippen molar-refractivity contribution in [1.29, 1.82) is 0 Å². The van der Waals surface area contributed by atoms with Gasteiger partial charge in [-0.05, 0) is 42.2 Å². The minimum absolute atomic E-state index is 0.791. The summed E-state index contributed by atoms with van der Waals surface area (Å²) < 4.78 is 0. The Morgan fingerprint density at radius 2 is 2.00 bits per heavy atom. The largest absolute Gasteiger partial charge is 0.379 e. The molecule has 1 aromatic heterocycles. The Kier molecular flexibility index (Phi) is 5.33. The first kappa shape index (κ1) is 17.7. The maximum absolute atomic E-state index is 4.68. The van der Waals surface area contributed by atoms with Gasteiger partial charge < -0.3 is 5.32 Å². The molecule has 130 valence electrons. The number of nitrogens with one attached hydrogen (secondary N) is 1. The minimum atomic E-state index is 0.791. The van der Waals surface area contributed by atoms with E-state index >= 15 is 0 Å². The van der Waals surface area contributed by atoms with Crippen LogP contribution < -0.4 is 5.32 Å². The molecule has 0 amide bonds. The van der Waals surface area contributed by atoms with Gasteiger partial charge in [-0.3, -0.25) is 4.98 Å². The second-order valence-electron chi connectivity index (χ2n) is 6.05. The van der Waals surface area contributed by atoms with Crippen molar-refractivity contribution in [2.75, 3.05) is 11.9 Å². The molecule has 3 rings (SSSR count). The summed E-state index contributed by atoms with van der Waals surface area (Å²) in [4.78, 5) is 4.68. The number of aromatic nitrogens is 1. The number of fused-ring (bicyclic) bond motifs is 3. The summed E-state index contributed by atoms with van der Waals surface area (Å²) in [5, 5.41) is 4.63. The molecule has 1 aliphatic rings. The molecule has 0 fully saturated rings. The van der Waals surface area contributed by atoms with Gasteiger partial charge in [0.25, 0.3) is 0 Å². The van der Waals surface area contributed by atoms with Gasteiger partial charge >= 0.3 is 0 Å². The Morgan fingerprint density at radius 1 is 1.15 bits per heavy atom. The molecule has 1 aromatic carbocycles. The molecule has 2 heteroatoms. The number of hydrogen-bond donors (Lipinski definition) is 1. The van der Waals surface area contributed by atoms with Crippen molar-refractivity contribution in [3.05, 3.63) is 96.8 Å². The summed E-state index contributed by atoms with van der Waals surface area (Å²) in [6.45, 7) is 12.7. The minimum Gasteiger partial charge on any atom is -0.379 e.